The van der Waals surface area contributed by atoms with Crippen LogP contribution in [0.2, 0.25) is 5.02 Å². The molecule has 2 rings (SSSR count). The van der Waals surface area contributed by atoms with Gasteiger partial charge >= 0.3 is 0 Å². The Morgan fingerprint density at radius 3 is 2.70 bits per heavy atom. The molecule has 4 nitrogen and oxygen atoms in total. The molecular formula is C15H22ClN3O. The van der Waals surface area contributed by atoms with Crippen molar-refractivity contribution in [2.24, 2.45) is 0 Å². The topological polar surface area (TPSA) is 35.6 Å². The molecule has 1 aliphatic rings. The number of nitrogens with zero attached hydrogens (tertiary/aromatic N) is 2. The van der Waals surface area contributed by atoms with Crippen LogP contribution in [0.1, 0.15) is 18.4 Å². The van der Waals surface area contributed by atoms with Gasteiger partial charge in [-0.2, -0.15) is 0 Å². The zero-order valence-corrected chi connectivity index (χ0v) is 12.9. The maximum absolute atomic E-state index is 12.1. The van der Waals surface area contributed by atoms with Crippen LogP contribution in [0.3, 0.4) is 0 Å². The lowest BCUT2D eigenvalue weighted by Gasteiger charge is -2.23. The number of hydrogen-bond acceptors (Lipinski definition) is 3. The Morgan fingerprint density at radius 1 is 1.40 bits per heavy atom. The van der Waals surface area contributed by atoms with E-state index >= 15 is 0 Å². The highest BCUT2D eigenvalue weighted by molar-refractivity contribution is 6.31. The predicted molar refractivity (Wildman–Crippen MR) is 83.3 cm³/mol. The first-order valence-electron chi connectivity index (χ1n) is 7.03. The van der Waals surface area contributed by atoms with Crippen molar-refractivity contribution in [1.29, 1.82) is 0 Å². The maximum atomic E-state index is 12.1. The van der Waals surface area contributed by atoms with E-state index in [1.165, 1.54) is 0 Å². The monoisotopic (exact) mass is 295 g/mol. The summed E-state index contributed by atoms with van der Waals surface area (Å²) in [4.78, 5) is 16.0. The molecule has 0 bridgehead atoms. The van der Waals surface area contributed by atoms with Gasteiger partial charge in [0.25, 0.3) is 0 Å². The first kappa shape index (κ1) is 15.1. The molecule has 1 fully saturated rings. The van der Waals surface area contributed by atoms with E-state index in [1.54, 1.807) is 0 Å². The van der Waals surface area contributed by atoms with Gasteiger partial charge in [0.15, 0.2) is 0 Å². The number of benzene rings is 1. The van der Waals surface area contributed by atoms with Gasteiger partial charge in [-0.3, -0.25) is 4.79 Å². The number of likely N-dealkylation sites (tertiary alicyclic amines) is 1. The van der Waals surface area contributed by atoms with Gasteiger partial charge in [-0.05, 0) is 37.6 Å². The molecule has 1 aromatic rings. The van der Waals surface area contributed by atoms with Gasteiger partial charge in [-0.25, -0.2) is 0 Å². The highest BCUT2D eigenvalue weighted by Gasteiger charge is 2.19. The number of hydrogen-bond donors (Lipinski definition) is 1. The van der Waals surface area contributed by atoms with E-state index in [2.05, 4.69) is 5.32 Å². The number of rotatable bonds is 5. The summed E-state index contributed by atoms with van der Waals surface area (Å²) in [6.07, 6.45) is 2.25. The number of amides is 1. The van der Waals surface area contributed by atoms with Crippen LogP contribution >= 0.6 is 11.6 Å². The molecule has 1 heterocycles. The fraction of sp³-hybridized carbons (Fsp3) is 0.533. The number of likely N-dealkylation sites (N-methyl/N-ethyl adjacent to an activating group) is 1. The molecule has 20 heavy (non-hydrogen) atoms. The summed E-state index contributed by atoms with van der Waals surface area (Å²) in [5.41, 5.74) is 2.04. The SMILES string of the molecule is CNCc1ccc(N(C)CC(=O)N2CCCC2)cc1Cl. The number of anilines is 1. The smallest absolute Gasteiger partial charge is 0.242 e. The second-order valence-electron chi connectivity index (χ2n) is 5.25. The Hall–Kier alpha value is -1.26. The van der Waals surface area contributed by atoms with Crippen LogP contribution in [0, 0.1) is 0 Å². The molecule has 1 N–H and O–H groups in total. The minimum atomic E-state index is 0.195. The van der Waals surface area contributed by atoms with Crippen LogP contribution in [-0.2, 0) is 11.3 Å². The Bertz CT molecular complexity index is 472. The largest absolute Gasteiger partial charge is 0.365 e. The third kappa shape index (κ3) is 3.64. The van der Waals surface area contributed by atoms with Crippen molar-refractivity contribution in [3.63, 3.8) is 0 Å². The van der Waals surface area contributed by atoms with E-state index in [0.29, 0.717) is 6.54 Å². The van der Waals surface area contributed by atoms with Gasteiger partial charge in [0.1, 0.15) is 0 Å². The quantitative estimate of drug-likeness (QED) is 0.904. The molecule has 0 unspecified atom stereocenters. The standard InChI is InChI=1S/C15H22ClN3O/c1-17-10-12-5-6-13(9-14(12)16)18(2)11-15(20)19-7-3-4-8-19/h5-6,9,17H,3-4,7-8,10-11H2,1-2H3. The average molecular weight is 296 g/mol. The predicted octanol–water partition coefficient (Wildman–Crippen LogP) is 2.12. The Morgan fingerprint density at radius 2 is 2.10 bits per heavy atom. The van der Waals surface area contributed by atoms with Crippen LogP contribution in [0.15, 0.2) is 18.2 Å². The molecule has 0 atom stereocenters. The minimum Gasteiger partial charge on any atom is -0.365 e. The Kier molecular flexibility index (Phi) is 5.26. The summed E-state index contributed by atoms with van der Waals surface area (Å²) in [6, 6.07) is 5.94. The molecule has 1 amide bonds. The summed E-state index contributed by atoms with van der Waals surface area (Å²) in [6.45, 7) is 2.94. The van der Waals surface area contributed by atoms with Crippen molar-refractivity contribution >= 4 is 23.2 Å². The van der Waals surface area contributed by atoms with Crippen molar-refractivity contribution in [1.82, 2.24) is 10.2 Å². The van der Waals surface area contributed by atoms with Gasteiger partial charge < -0.3 is 15.1 Å². The number of carbonyl (C=O) groups excluding carboxylic acids is 1. The molecule has 1 saturated heterocycles. The van der Waals surface area contributed by atoms with Crippen molar-refractivity contribution in [3.8, 4) is 0 Å². The Balaban J connectivity index is 1.99. The molecule has 0 aliphatic carbocycles. The van der Waals surface area contributed by atoms with Crippen molar-refractivity contribution in [2.75, 3.05) is 38.6 Å². The molecule has 110 valence electrons. The number of nitrogens with one attached hydrogen (secondary N) is 1. The van der Waals surface area contributed by atoms with E-state index < -0.39 is 0 Å². The van der Waals surface area contributed by atoms with Crippen LogP contribution in [0.25, 0.3) is 0 Å². The molecule has 1 aliphatic heterocycles. The Labute approximate surface area is 125 Å². The molecule has 0 radical (unpaired) electrons. The number of carbonyl (C=O) groups is 1. The molecule has 0 aromatic heterocycles. The second-order valence-corrected chi connectivity index (χ2v) is 5.66. The van der Waals surface area contributed by atoms with E-state index in [4.69, 9.17) is 11.6 Å². The second kappa shape index (κ2) is 6.95. The van der Waals surface area contributed by atoms with Crippen molar-refractivity contribution < 1.29 is 4.79 Å². The van der Waals surface area contributed by atoms with E-state index in [1.807, 2.05) is 42.1 Å². The first-order chi connectivity index (χ1) is 9.61. The fourth-order valence-corrected chi connectivity index (χ4v) is 2.71. The summed E-state index contributed by atoms with van der Waals surface area (Å²) >= 11 is 6.25. The third-order valence-electron chi connectivity index (χ3n) is 3.68. The normalized spacial score (nSPS) is 14.7. The lowest BCUT2D eigenvalue weighted by Crippen LogP contribution is -2.37. The zero-order valence-electron chi connectivity index (χ0n) is 12.2. The lowest BCUT2D eigenvalue weighted by molar-refractivity contribution is -0.128. The molecule has 5 heteroatoms. The van der Waals surface area contributed by atoms with E-state index in [0.717, 1.165) is 48.7 Å². The summed E-state index contributed by atoms with van der Waals surface area (Å²) in [5.74, 6) is 0.195. The molecule has 0 spiro atoms. The van der Waals surface area contributed by atoms with Gasteiger partial charge in [-0.1, -0.05) is 17.7 Å². The summed E-state index contributed by atoms with van der Waals surface area (Å²) in [5, 5.41) is 3.82. The van der Waals surface area contributed by atoms with Crippen LogP contribution in [0.5, 0.6) is 0 Å². The van der Waals surface area contributed by atoms with E-state index in [-0.39, 0.29) is 5.91 Å². The van der Waals surface area contributed by atoms with Crippen LogP contribution in [0.4, 0.5) is 5.69 Å². The lowest BCUT2D eigenvalue weighted by atomic mass is 10.2. The van der Waals surface area contributed by atoms with Gasteiger partial charge in [0.2, 0.25) is 5.91 Å². The molecule has 1 aromatic carbocycles. The van der Waals surface area contributed by atoms with Crippen molar-refractivity contribution in [2.45, 2.75) is 19.4 Å². The fourth-order valence-electron chi connectivity index (χ4n) is 2.47. The average Bonchev–Trinajstić information content (AvgIpc) is 2.95. The number of halogens is 1. The molecular weight excluding hydrogens is 274 g/mol. The van der Waals surface area contributed by atoms with Gasteiger partial charge in [-0.15, -0.1) is 0 Å². The first-order valence-corrected chi connectivity index (χ1v) is 7.41. The van der Waals surface area contributed by atoms with Gasteiger partial charge in [0.05, 0.1) is 6.54 Å². The maximum Gasteiger partial charge on any atom is 0.242 e. The summed E-state index contributed by atoms with van der Waals surface area (Å²) < 4.78 is 0. The highest BCUT2D eigenvalue weighted by atomic mass is 35.5. The van der Waals surface area contributed by atoms with Gasteiger partial charge in [0, 0.05) is 37.4 Å². The minimum absolute atomic E-state index is 0.195. The summed E-state index contributed by atoms with van der Waals surface area (Å²) in [7, 11) is 3.82. The zero-order chi connectivity index (χ0) is 14.5. The van der Waals surface area contributed by atoms with Crippen LogP contribution in [-0.4, -0.2) is 44.5 Å². The van der Waals surface area contributed by atoms with Crippen molar-refractivity contribution in [3.05, 3.63) is 28.8 Å². The highest BCUT2D eigenvalue weighted by Crippen LogP contribution is 2.23. The third-order valence-corrected chi connectivity index (χ3v) is 4.03. The van der Waals surface area contributed by atoms with E-state index in [9.17, 15) is 4.79 Å². The van der Waals surface area contributed by atoms with Crippen LogP contribution < -0.4 is 10.2 Å². The molecule has 0 saturated carbocycles.